The molecular weight excluding hydrogens is 264 g/mol. The Labute approximate surface area is 118 Å². The van der Waals surface area contributed by atoms with E-state index in [1.165, 1.54) is 11.3 Å². The summed E-state index contributed by atoms with van der Waals surface area (Å²) in [5, 5.41) is 14.4. The van der Waals surface area contributed by atoms with Crippen molar-refractivity contribution in [3.05, 3.63) is 16.1 Å². The summed E-state index contributed by atoms with van der Waals surface area (Å²) in [7, 11) is 0. The van der Waals surface area contributed by atoms with Crippen LogP contribution in [-0.4, -0.2) is 35.3 Å². The fraction of sp³-hybridized carbons (Fsp3) is 0.692. The molecule has 19 heavy (non-hydrogen) atoms. The molecule has 1 heterocycles. The molecule has 0 aliphatic carbocycles. The average molecular weight is 286 g/mol. The first kappa shape index (κ1) is 16.1. The Morgan fingerprint density at radius 1 is 1.58 bits per heavy atom. The molecule has 2 atom stereocenters. The fourth-order valence-corrected chi connectivity index (χ4v) is 2.49. The van der Waals surface area contributed by atoms with Crippen molar-refractivity contribution in [2.24, 2.45) is 0 Å². The molecule has 0 aliphatic heterocycles. The monoisotopic (exact) mass is 286 g/mol. The minimum Gasteiger partial charge on any atom is -0.396 e. The van der Waals surface area contributed by atoms with Gasteiger partial charge in [0.25, 0.3) is 0 Å². The summed E-state index contributed by atoms with van der Waals surface area (Å²) in [6.45, 7) is 6.50. The highest BCUT2D eigenvalue weighted by Gasteiger charge is 2.13. The number of aliphatic hydroxyl groups is 1. The van der Waals surface area contributed by atoms with Crippen molar-refractivity contribution in [2.75, 3.05) is 13.2 Å². The van der Waals surface area contributed by atoms with Gasteiger partial charge in [-0.25, -0.2) is 4.98 Å². The average Bonchev–Trinajstić information content (AvgIpc) is 2.77. The molecule has 6 heteroatoms. The lowest BCUT2D eigenvalue weighted by Crippen LogP contribution is -2.34. The number of aliphatic hydroxyl groups excluding tert-OH is 1. The lowest BCUT2D eigenvalue weighted by molar-refractivity contribution is -0.121. The summed E-state index contributed by atoms with van der Waals surface area (Å²) in [6.07, 6.45) is 0.806. The van der Waals surface area contributed by atoms with Crippen LogP contribution in [0.25, 0.3) is 0 Å². The molecule has 0 aromatic carbocycles. The van der Waals surface area contributed by atoms with Gasteiger partial charge in [-0.2, -0.15) is 0 Å². The van der Waals surface area contributed by atoms with Gasteiger partial charge in [-0.05, 0) is 27.2 Å². The first-order chi connectivity index (χ1) is 9.06. The normalized spacial score (nSPS) is 14.1. The zero-order valence-corrected chi connectivity index (χ0v) is 12.5. The molecule has 2 unspecified atom stereocenters. The summed E-state index contributed by atoms with van der Waals surface area (Å²) in [5.74, 6) is -0.0677. The van der Waals surface area contributed by atoms with Crippen molar-refractivity contribution in [3.63, 3.8) is 0 Å². The van der Waals surface area contributed by atoms with Crippen molar-refractivity contribution in [1.29, 1.82) is 0 Å². The molecule has 108 valence electrons. The lowest BCUT2D eigenvalue weighted by atomic mass is 10.2. The van der Waals surface area contributed by atoms with E-state index >= 15 is 0 Å². The van der Waals surface area contributed by atoms with Crippen LogP contribution in [-0.2, 0) is 16.0 Å². The number of ether oxygens (including phenoxy) is 1. The van der Waals surface area contributed by atoms with Gasteiger partial charge in [-0.3, -0.25) is 4.79 Å². The summed E-state index contributed by atoms with van der Waals surface area (Å²) >= 11 is 1.51. The Morgan fingerprint density at radius 2 is 2.32 bits per heavy atom. The van der Waals surface area contributed by atoms with Gasteiger partial charge in [-0.15, -0.1) is 11.3 Å². The van der Waals surface area contributed by atoms with Crippen LogP contribution in [0.5, 0.6) is 0 Å². The van der Waals surface area contributed by atoms with Gasteiger partial charge in [0.05, 0.1) is 12.1 Å². The molecule has 2 N–H and O–H groups in total. The molecule has 0 radical (unpaired) electrons. The van der Waals surface area contributed by atoms with Crippen molar-refractivity contribution in [3.8, 4) is 0 Å². The molecule has 0 fully saturated rings. The van der Waals surface area contributed by atoms with Crippen LogP contribution in [0.15, 0.2) is 5.38 Å². The van der Waals surface area contributed by atoms with Crippen LogP contribution in [0, 0.1) is 0 Å². The molecule has 1 aromatic heterocycles. The zero-order valence-electron chi connectivity index (χ0n) is 11.7. The van der Waals surface area contributed by atoms with Crippen molar-refractivity contribution >= 4 is 17.2 Å². The number of aromatic nitrogens is 1. The number of carbonyl (C=O) groups excluding carboxylic acids is 1. The summed E-state index contributed by atoms with van der Waals surface area (Å²) in [4.78, 5) is 16.1. The molecule has 0 saturated carbocycles. The van der Waals surface area contributed by atoms with E-state index < -0.39 is 0 Å². The molecule has 0 aliphatic rings. The minimum absolute atomic E-state index is 0.0158. The standard InChI is InChI=1S/C13H22N2O3S/c1-4-18-10(3)13-15-11(8-19-13)7-12(17)14-9(2)5-6-16/h8-10,16H,4-7H2,1-3H3,(H,14,17). The summed E-state index contributed by atoms with van der Waals surface area (Å²) < 4.78 is 5.46. The molecular formula is C13H22N2O3S. The predicted molar refractivity (Wildman–Crippen MR) is 75.2 cm³/mol. The van der Waals surface area contributed by atoms with E-state index in [-0.39, 0.29) is 31.1 Å². The topological polar surface area (TPSA) is 71.5 Å². The molecule has 0 bridgehead atoms. The number of nitrogens with one attached hydrogen (secondary N) is 1. The summed E-state index contributed by atoms with van der Waals surface area (Å²) in [6, 6.07) is -0.0158. The Bertz CT molecular complexity index is 395. The van der Waals surface area contributed by atoms with Gasteiger partial charge in [0.1, 0.15) is 11.1 Å². The number of hydrogen-bond donors (Lipinski definition) is 2. The van der Waals surface area contributed by atoms with Crippen LogP contribution in [0.2, 0.25) is 0 Å². The van der Waals surface area contributed by atoms with Crippen molar-refractivity contribution < 1.29 is 14.6 Å². The highest BCUT2D eigenvalue weighted by atomic mass is 32.1. The van der Waals surface area contributed by atoms with E-state index in [1.54, 1.807) is 0 Å². The number of rotatable bonds is 8. The predicted octanol–water partition coefficient (Wildman–Crippen LogP) is 1.67. The molecule has 0 saturated heterocycles. The first-order valence-electron chi connectivity index (χ1n) is 6.52. The number of thiazole rings is 1. The molecule has 1 amide bonds. The van der Waals surface area contributed by atoms with E-state index in [9.17, 15) is 4.79 Å². The second-order valence-corrected chi connectivity index (χ2v) is 5.32. The number of amides is 1. The Morgan fingerprint density at radius 3 is 2.95 bits per heavy atom. The molecule has 1 rings (SSSR count). The van der Waals surface area contributed by atoms with E-state index in [0.29, 0.717) is 13.0 Å². The van der Waals surface area contributed by atoms with Gasteiger partial charge in [0.2, 0.25) is 5.91 Å². The molecule has 0 spiro atoms. The quantitative estimate of drug-likeness (QED) is 0.762. The smallest absolute Gasteiger partial charge is 0.226 e. The molecule has 5 nitrogen and oxygen atoms in total. The van der Waals surface area contributed by atoms with Crippen LogP contribution in [0.1, 0.15) is 44.0 Å². The zero-order chi connectivity index (χ0) is 14.3. The van der Waals surface area contributed by atoms with Gasteiger partial charge in [0, 0.05) is 24.6 Å². The number of hydrogen-bond acceptors (Lipinski definition) is 5. The largest absolute Gasteiger partial charge is 0.396 e. The van der Waals surface area contributed by atoms with Crippen molar-refractivity contribution in [2.45, 2.75) is 45.8 Å². The highest BCUT2D eigenvalue weighted by molar-refractivity contribution is 7.09. The Hall–Kier alpha value is -0.980. The third-order valence-corrected chi connectivity index (χ3v) is 3.70. The maximum atomic E-state index is 11.7. The van der Waals surface area contributed by atoms with Crippen LogP contribution >= 0.6 is 11.3 Å². The lowest BCUT2D eigenvalue weighted by Gasteiger charge is -2.11. The maximum absolute atomic E-state index is 11.7. The van der Waals surface area contributed by atoms with Crippen LogP contribution < -0.4 is 5.32 Å². The molecule has 1 aromatic rings. The number of carbonyl (C=O) groups is 1. The van der Waals surface area contributed by atoms with E-state index in [1.807, 2.05) is 26.2 Å². The van der Waals surface area contributed by atoms with E-state index in [0.717, 1.165) is 10.7 Å². The van der Waals surface area contributed by atoms with E-state index in [4.69, 9.17) is 9.84 Å². The third kappa shape index (κ3) is 5.67. The third-order valence-electron chi connectivity index (χ3n) is 2.65. The van der Waals surface area contributed by atoms with Gasteiger partial charge in [-0.1, -0.05) is 0 Å². The van der Waals surface area contributed by atoms with Gasteiger partial charge >= 0.3 is 0 Å². The van der Waals surface area contributed by atoms with Crippen molar-refractivity contribution in [1.82, 2.24) is 10.3 Å². The maximum Gasteiger partial charge on any atom is 0.226 e. The SMILES string of the molecule is CCOC(C)c1nc(CC(=O)NC(C)CCO)cs1. The Balaban J connectivity index is 2.47. The Kier molecular flexibility index (Phi) is 6.97. The van der Waals surface area contributed by atoms with E-state index in [2.05, 4.69) is 10.3 Å². The summed E-state index contributed by atoms with van der Waals surface area (Å²) in [5.41, 5.74) is 0.764. The van der Waals surface area contributed by atoms with Gasteiger partial charge in [0.15, 0.2) is 0 Å². The number of nitrogens with zero attached hydrogens (tertiary/aromatic N) is 1. The minimum atomic E-state index is -0.0677. The second kappa shape index (κ2) is 8.24. The fourth-order valence-electron chi connectivity index (χ4n) is 1.67. The second-order valence-electron chi connectivity index (χ2n) is 4.43. The van der Waals surface area contributed by atoms with Crippen LogP contribution in [0.3, 0.4) is 0 Å². The highest BCUT2D eigenvalue weighted by Crippen LogP contribution is 2.21. The first-order valence-corrected chi connectivity index (χ1v) is 7.40. The van der Waals surface area contributed by atoms with Crippen LogP contribution in [0.4, 0.5) is 0 Å². The van der Waals surface area contributed by atoms with Gasteiger partial charge < -0.3 is 15.2 Å².